The minimum atomic E-state index is 1.21. The second-order valence-corrected chi connectivity index (χ2v) is 9.97. The van der Waals surface area contributed by atoms with Gasteiger partial charge in [0.15, 0.2) is 0 Å². The van der Waals surface area contributed by atoms with Crippen LogP contribution in [0.4, 0.5) is 0 Å². The summed E-state index contributed by atoms with van der Waals surface area (Å²) >= 11 is 0. The van der Waals surface area contributed by atoms with Crippen LogP contribution in [0.3, 0.4) is 0 Å². The van der Waals surface area contributed by atoms with Gasteiger partial charge in [0.05, 0.1) is 0 Å². The van der Waals surface area contributed by atoms with Crippen LogP contribution in [0.15, 0.2) is 152 Å². The lowest BCUT2D eigenvalue weighted by atomic mass is 9.92. The Kier molecular flexibility index (Phi) is 6.28. The summed E-state index contributed by atoms with van der Waals surface area (Å²) in [5, 5.41) is 2.65. The van der Waals surface area contributed by atoms with Crippen LogP contribution in [0.5, 0.6) is 0 Å². The Balaban J connectivity index is 1.58. The molecule has 0 spiro atoms. The lowest BCUT2D eigenvalue weighted by Crippen LogP contribution is -1.90. The third kappa shape index (κ3) is 4.52. The van der Waals surface area contributed by atoms with E-state index in [1.165, 1.54) is 63.3 Å². The van der Waals surface area contributed by atoms with Gasteiger partial charge in [0.2, 0.25) is 0 Å². The Morgan fingerprint density at radius 3 is 1.31 bits per heavy atom. The summed E-state index contributed by atoms with van der Waals surface area (Å²) in [5.74, 6) is 0. The third-order valence-corrected chi connectivity index (χ3v) is 7.84. The van der Waals surface area contributed by atoms with Gasteiger partial charge in [-0.3, -0.25) is 0 Å². The normalized spacial score (nSPS) is 11.0. The first kappa shape index (κ1) is 22.2. The fraction of sp³-hybridized carbons (Fsp3) is 0. The molecule has 0 aliphatic heterocycles. The summed E-state index contributed by atoms with van der Waals surface area (Å²) < 4.78 is 0. The van der Waals surface area contributed by atoms with Gasteiger partial charge in [-0.25, -0.2) is 0 Å². The molecular formula is C35H25P. The van der Waals surface area contributed by atoms with E-state index in [0.29, 0.717) is 0 Å². The minimum Gasteiger partial charge on any atom is -0.0622 e. The number of hydrogen-bond donors (Lipinski definition) is 0. The lowest BCUT2D eigenvalue weighted by molar-refractivity contribution is 1.59. The molecule has 0 N–H and O–H groups in total. The molecule has 1 heteroatoms. The van der Waals surface area contributed by atoms with E-state index in [2.05, 4.69) is 152 Å². The van der Waals surface area contributed by atoms with Gasteiger partial charge in [-0.2, -0.15) is 0 Å². The second-order valence-electron chi connectivity index (χ2n) is 8.82. The topological polar surface area (TPSA) is 0 Å². The quantitative estimate of drug-likeness (QED) is 0.232. The zero-order valence-corrected chi connectivity index (χ0v) is 20.8. The van der Waals surface area contributed by atoms with E-state index in [9.17, 15) is 0 Å². The highest BCUT2D eigenvalue weighted by atomic mass is 31.0. The molecular weight excluding hydrogens is 451 g/mol. The van der Waals surface area contributed by atoms with Gasteiger partial charge in [-0.15, -0.1) is 0 Å². The van der Waals surface area contributed by atoms with Crippen molar-refractivity contribution in [3.05, 3.63) is 152 Å². The SMILES string of the molecule is c1ccc(-c2ccc(-c3cc(-c4ccccc4)c(-c4ccccc4)c(-c4ccccc4)p3)cc2)cc1. The van der Waals surface area contributed by atoms with Crippen molar-refractivity contribution in [2.45, 2.75) is 0 Å². The average molecular weight is 477 g/mol. The van der Waals surface area contributed by atoms with Crippen molar-refractivity contribution in [2.75, 3.05) is 0 Å². The van der Waals surface area contributed by atoms with Crippen LogP contribution in [0.25, 0.3) is 55.1 Å². The van der Waals surface area contributed by atoms with E-state index in [1.54, 1.807) is 0 Å². The van der Waals surface area contributed by atoms with Crippen LogP contribution in [-0.4, -0.2) is 0 Å². The number of benzene rings is 5. The maximum Gasteiger partial charge on any atom is 0.0181 e. The van der Waals surface area contributed by atoms with Gasteiger partial charge < -0.3 is 0 Å². The highest BCUT2D eigenvalue weighted by Gasteiger charge is 2.17. The first-order chi connectivity index (χ1) is 17.9. The molecule has 5 aromatic carbocycles. The predicted molar refractivity (Wildman–Crippen MR) is 156 cm³/mol. The van der Waals surface area contributed by atoms with E-state index in [-0.39, 0.29) is 0 Å². The molecule has 36 heavy (non-hydrogen) atoms. The third-order valence-electron chi connectivity index (χ3n) is 6.50. The Morgan fingerprint density at radius 2 is 0.750 bits per heavy atom. The molecule has 0 amide bonds. The van der Waals surface area contributed by atoms with Crippen molar-refractivity contribution >= 4 is 8.19 Å². The number of hydrogen-bond acceptors (Lipinski definition) is 0. The van der Waals surface area contributed by atoms with Crippen molar-refractivity contribution < 1.29 is 0 Å². The summed E-state index contributed by atoms with van der Waals surface area (Å²) in [4.78, 5) is 0. The van der Waals surface area contributed by atoms with Crippen molar-refractivity contribution in [1.29, 1.82) is 0 Å². The molecule has 0 aliphatic carbocycles. The molecule has 170 valence electrons. The summed E-state index contributed by atoms with van der Waals surface area (Å²) in [6, 6.07) is 54.4. The molecule has 0 radical (unpaired) electrons. The molecule has 1 heterocycles. The monoisotopic (exact) mass is 476 g/mol. The first-order valence-electron chi connectivity index (χ1n) is 12.2. The van der Waals surface area contributed by atoms with E-state index in [1.807, 2.05) is 0 Å². The highest BCUT2D eigenvalue weighted by molar-refractivity contribution is 7.38. The lowest BCUT2D eigenvalue weighted by Gasteiger charge is -2.18. The largest absolute Gasteiger partial charge is 0.0622 e. The molecule has 0 saturated heterocycles. The molecule has 0 nitrogen and oxygen atoms in total. The standard InChI is InChI=1S/C35H25P/c1-5-13-26(14-6-1)27-21-23-29(24-22-27)33-25-32(28-15-7-2-8-16-28)34(30-17-9-3-10-18-30)35(36-33)31-19-11-4-12-20-31/h1-25H. The van der Waals surface area contributed by atoms with Crippen LogP contribution >= 0.6 is 8.19 Å². The molecule has 0 aliphatic rings. The minimum absolute atomic E-state index is 1.21. The zero-order chi connectivity index (χ0) is 24.2. The van der Waals surface area contributed by atoms with Gasteiger partial charge in [0.1, 0.15) is 0 Å². The molecule has 6 aromatic rings. The first-order valence-corrected chi connectivity index (χ1v) is 13.1. The van der Waals surface area contributed by atoms with Gasteiger partial charge >= 0.3 is 0 Å². The molecule has 0 unspecified atom stereocenters. The molecule has 0 saturated carbocycles. The van der Waals surface area contributed by atoms with Crippen LogP contribution in [-0.2, 0) is 0 Å². The van der Waals surface area contributed by atoms with Crippen molar-refractivity contribution in [3.63, 3.8) is 0 Å². The smallest absolute Gasteiger partial charge is 0.0181 e. The van der Waals surface area contributed by atoms with Crippen LogP contribution in [0.1, 0.15) is 0 Å². The summed E-state index contributed by atoms with van der Waals surface area (Å²) in [5.41, 5.74) is 10.1. The van der Waals surface area contributed by atoms with Crippen molar-refractivity contribution in [1.82, 2.24) is 0 Å². The highest BCUT2D eigenvalue weighted by Crippen LogP contribution is 2.49. The fourth-order valence-corrected chi connectivity index (χ4v) is 6.06. The fourth-order valence-electron chi connectivity index (χ4n) is 4.70. The predicted octanol–water partition coefficient (Wildman–Crippen LogP) is 10.6. The van der Waals surface area contributed by atoms with E-state index >= 15 is 0 Å². The van der Waals surface area contributed by atoms with Crippen LogP contribution in [0, 0.1) is 0 Å². The molecule has 6 rings (SSSR count). The van der Waals surface area contributed by atoms with E-state index in [0.717, 1.165) is 0 Å². The molecule has 0 atom stereocenters. The number of rotatable bonds is 5. The maximum absolute atomic E-state index is 2.39. The summed E-state index contributed by atoms with van der Waals surface area (Å²) in [6.45, 7) is 0. The Morgan fingerprint density at radius 1 is 0.333 bits per heavy atom. The Hall–Kier alpha value is -4.25. The average Bonchev–Trinajstić information content (AvgIpc) is 2.98. The second kappa shape index (κ2) is 10.2. The van der Waals surface area contributed by atoms with Gasteiger partial charge in [-0.05, 0) is 45.0 Å². The Labute approximate surface area is 214 Å². The van der Waals surface area contributed by atoms with Gasteiger partial charge in [-0.1, -0.05) is 154 Å². The van der Waals surface area contributed by atoms with E-state index < -0.39 is 0 Å². The summed E-state index contributed by atoms with van der Waals surface area (Å²) in [6.07, 6.45) is 0. The Bertz CT molecular complexity index is 1510. The van der Waals surface area contributed by atoms with Crippen molar-refractivity contribution in [3.8, 4) is 55.1 Å². The van der Waals surface area contributed by atoms with Crippen LogP contribution in [0.2, 0.25) is 0 Å². The summed E-state index contributed by atoms with van der Waals surface area (Å²) in [7, 11) is 1.21. The van der Waals surface area contributed by atoms with Gasteiger partial charge in [0.25, 0.3) is 0 Å². The van der Waals surface area contributed by atoms with Gasteiger partial charge in [0, 0.05) is 16.2 Å². The van der Waals surface area contributed by atoms with Crippen molar-refractivity contribution in [2.24, 2.45) is 0 Å². The molecule has 0 fully saturated rings. The van der Waals surface area contributed by atoms with E-state index in [4.69, 9.17) is 0 Å². The molecule has 0 bridgehead atoms. The zero-order valence-electron chi connectivity index (χ0n) is 19.9. The maximum atomic E-state index is 2.39. The molecule has 1 aromatic heterocycles. The van der Waals surface area contributed by atoms with Crippen LogP contribution < -0.4 is 0 Å².